The first kappa shape index (κ1) is 71.4. The Morgan fingerprint density at radius 1 is 0.270 bits per heavy atom. The molecule has 0 saturated carbocycles. The fraction of sp³-hybridized carbons (Fsp3) is 0.838. The molecule has 0 fully saturated rings. The van der Waals surface area contributed by atoms with Crippen molar-refractivity contribution in [3.63, 3.8) is 0 Å². The third-order valence-electron chi connectivity index (χ3n) is 14.6. The van der Waals surface area contributed by atoms with Crippen LogP contribution in [0.1, 0.15) is 348 Å². The summed E-state index contributed by atoms with van der Waals surface area (Å²) in [6, 6.07) is 0. The van der Waals surface area contributed by atoms with Gasteiger partial charge in [-0.3, -0.25) is 14.4 Å². The molecule has 0 radical (unpaired) electrons. The van der Waals surface area contributed by atoms with Gasteiger partial charge in [0.05, 0.1) is 0 Å². The van der Waals surface area contributed by atoms with E-state index in [4.69, 9.17) is 14.2 Å². The minimum absolute atomic E-state index is 0.0775. The van der Waals surface area contributed by atoms with Gasteiger partial charge in [0.25, 0.3) is 0 Å². The van der Waals surface area contributed by atoms with Crippen LogP contribution in [0, 0.1) is 0 Å². The summed E-state index contributed by atoms with van der Waals surface area (Å²) in [7, 11) is 0. The molecule has 0 rings (SSSR count). The van der Waals surface area contributed by atoms with Gasteiger partial charge in [-0.15, -0.1) is 0 Å². The topological polar surface area (TPSA) is 78.9 Å². The average molecular weight is 1040 g/mol. The molecule has 0 aromatic carbocycles. The Balaban J connectivity index is 4.35. The Hall–Kier alpha value is -2.63. The van der Waals surface area contributed by atoms with Gasteiger partial charge in [-0.2, -0.15) is 0 Å². The monoisotopic (exact) mass is 1040 g/mol. The highest BCUT2D eigenvalue weighted by Crippen LogP contribution is 2.17. The van der Waals surface area contributed by atoms with Gasteiger partial charge in [0, 0.05) is 19.3 Å². The molecule has 0 bridgehead atoms. The second-order valence-corrected chi connectivity index (χ2v) is 22.0. The van der Waals surface area contributed by atoms with Crippen LogP contribution >= 0.6 is 0 Å². The fourth-order valence-corrected chi connectivity index (χ4v) is 9.62. The van der Waals surface area contributed by atoms with Gasteiger partial charge < -0.3 is 14.2 Å². The van der Waals surface area contributed by atoms with Crippen LogP contribution in [-0.4, -0.2) is 37.2 Å². The Morgan fingerprint density at radius 3 is 0.797 bits per heavy atom. The number of carbonyl (C=O) groups excluding carboxylic acids is 3. The summed E-state index contributed by atoms with van der Waals surface area (Å²) in [5, 5.41) is 0. The zero-order valence-corrected chi connectivity index (χ0v) is 49.6. The van der Waals surface area contributed by atoms with Crippen molar-refractivity contribution < 1.29 is 28.6 Å². The minimum Gasteiger partial charge on any atom is -0.462 e. The van der Waals surface area contributed by atoms with Gasteiger partial charge in [-0.25, -0.2) is 0 Å². The third-order valence-corrected chi connectivity index (χ3v) is 14.6. The summed E-state index contributed by atoms with van der Waals surface area (Å²) < 4.78 is 16.9. The van der Waals surface area contributed by atoms with E-state index in [0.717, 1.165) is 89.9 Å². The molecule has 6 nitrogen and oxygen atoms in total. The van der Waals surface area contributed by atoms with E-state index in [0.29, 0.717) is 19.3 Å². The van der Waals surface area contributed by atoms with Crippen LogP contribution in [-0.2, 0) is 28.6 Å². The second kappa shape index (κ2) is 62.9. The van der Waals surface area contributed by atoms with Crippen molar-refractivity contribution in [3.05, 3.63) is 48.6 Å². The summed E-state index contributed by atoms with van der Waals surface area (Å²) in [4.78, 5) is 38.3. The quantitative estimate of drug-likeness (QED) is 0.0261. The van der Waals surface area contributed by atoms with E-state index in [1.807, 2.05) is 0 Å². The van der Waals surface area contributed by atoms with Gasteiger partial charge in [-0.05, 0) is 83.5 Å². The van der Waals surface area contributed by atoms with Crippen molar-refractivity contribution in [2.75, 3.05) is 13.2 Å². The summed E-state index contributed by atoms with van der Waals surface area (Å²) in [6.07, 6.45) is 78.3. The van der Waals surface area contributed by atoms with E-state index in [-0.39, 0.29) is 31.1 Å². The van der Waals surface area contributed by atoms with Crippen LogP contribution in [0.4, 0.5) is 0 Å². The summed E-state index contributed by atoms with van der Waals surface area (Å²) in [5.74, 6) is -0.877. The Kier molecular flexibility index (Phi) is 60.7. The molecule has 0 saturated heterocycles. The minimum atomic E-state index is -0.783. The van der Waals surface area contributed by atoms with Gasteiger partial charge >= 0.3 is 17.9 Å². The highest BCUT2D eigenvalue weighted by atomic mass is 16.6. The molecule has 1 unspecified atom stereocenters. The Labute approximate surface area is 460 Å². The number of hydrogen-bond donors (Lipinski definition) is 0. The largest absolute Gasteiger partial charge is 0.462 e. The van der Waals surface area contributed by atoms with E-state index in [1.54, 1.807) is 0 Å². The van der Waals surface area contributed by atoms with Crippen LogP contribution in [0.25, 0.3) is 0 Å². The van der Waals surface area contributed by atoms with Crippen LogP contribution < -0.4 is 0 Å². The van der Waals surface area contributed by atoms with Gasteiger partial charge in [0.1, 0.15) is 13.2 Å². The average Bonchev–Trinajstić information content (AvgIpc) is 3.40. The highest BCUT2D eigenvalue weighted by Gasteiger charge is 2.19. The van der Waals surface area contributed by atoms with E-state index in [1.165, 1.54) is 218 Å². The molecule has 0 heterocycles. The molecule has 1 atom stereocenters. The van der Waals surface area contributed by atoms with Crippen molar-refractivity contribution in [1.29, 1.82) is 0 Å². The standard InChI is InChI=1S/C68H124O6/c1-4-7-10-13-16-19-22-25-28-31-33-34-36-37-40-43-46-49-52-55-58-61-67(70)73-64-65(63-72-66(69)60-57-54-51-48-45-42-39-30-27-24-21-18-15-12-9-6-3)74-68(71)62-59-56-53-50-47-44-41-38-35-32-29-26-23-20-17-14-11-8-5-2/h17,20,26,29-30,35,38-39,65H,4-16,18-19,21-25,27-28,31-34,36-37,40-64H2,1-3H3/b20-17-,29-26-,38-35-,39-30-. The van der Waals surface area contributed by atoms with Crippen molar-refractivity contribution in [2.45, 2.75) is 354 Å². The van der Waals surface area contributed by atoms with Gasteiger partial charge in [0.15, 0.2) is 6.10 Å². The van der Waals surface area contributed by atoms with Crippen molar-refractivity contribution in [3.8, 4) is 0 Å². The molecule has 0 aliphatic carbocycles. The molecule has 0 aliphatic rings. The molecule has 432 valence electrons. The van der Waals surface area contributed by atoms with Crippen LogP contribution in [0.5, 0.6) is 0 Å². The number of carbonyl (C=O) groups is 3. The maximum Gasteiger partial charge on any atom is 0.306 e. The molecule has 6 heteroatoms. The molecule has 0 amide bonds. The lowest BCUT2D eigenvalue weighted by Crippen LogP contribution is -2.30. The first-order valence-corrected chi connectivity index (χ1v) is 32.6. The molecule has 0 N–H and O–H groups in total. The summed E-state index contributed by atoms with van der Waals surface area (Å²) in [5.41, 5.74) is 0. The Morgan fingerprint density at radius 2 is 0.486 bits per heavy atom. The number of allylic oxidation sites excluding steroid dienone is 8. The molecule has 74 heavy (non-hydrogen) atoms. The zero-order valence-electron chi connectivity index (χ0n) is 49.6. The number of hydrogen-bond acceptors (Lipinski definition) is 6. The van der Waals surface area contributed by atoms with Crippen LogP contribution in [0.2, 0.25) is 0 Å². The maximum absolute atomic E-state index is 12.9. The molecular formula is C68H124O6. The number of rotatable bonds is 60. The normalized spacial score (nSPS) is 12.3. The number of unbranched alkanes of at least 4 members (excludes halogenated alkanes) is 41. The predicted molar refractivity (Wildman–Crippen MR) is 321 cm³/mol. The van der Waals surface area contributed by atoms with Gasteiger partial charge in [0.2, 0.25) is 0 Å². The lowest BCUT2D eigenvalue weighted by Gasteiger charge is -2.18. The van der Waals surface area contributed by atoms with E-state index >= 15 is 0 Å². The Bertz CT molecular complexity index is 1280. The van der Waals surface area contributed by atoms with Crippen molar-refractivity contribution in [2.24, 2.45) is 0 Å². The van der Waals surface area contributed by atoms with E-state index in [9.17, 15) is 14.4 Å². The first-order valence-electron chi connectivity index (χ1n) is 32.6. The van der Waals surface area contributed by atoms with Crippen molar-refractivity contribution >= 4 is 17.9 Å². The zero-order chi connectivity index (χ0) is 53.6. The lowest BCUT2D eigenvalue weighted by atomic mass is 10.0. The number of esters is 3. The third kappa shape index (κ3) is 60.2. The van der Waals surface area contributed by atoms with E-state index < -0.39 is 6.10 Å². The maximum atomic E-state index is 12.9. The SMILES string of the molecule is CCCCC/C=C\C/C=C\C/C=C\CCCCCCCCC(=O)OC(COC(=O)CCCCCCC/C=C\CCCCCCCCC)COC(=O)CCCCCCCCCCCCCCCCCCCCCCC. The fourth-order valence-electron chi connectivity index (χ4n) is 9.62. The lowest BCUT2D eigenvalue weighted by molar-refractivity contribution is -0.167. The predicted octanol–water partition coefficient (Wildman–Crippen LogP) is 22.2. The highest BCUT2D eigenvalue weighted by molar-refractivity contribution is 5.71. The van der Waals surface area contributed by atoms with E-state index in [2.05, 4.69) is 69.4 Å². The van der Waals surface area contributed by atoms with Crippen molar-refractivity contribution in [1.82, 2.24) is 0 Å². The summed E-state index contributed by atoms with van der Waals surface area (Å²) in [6.45, 7) is 6.65. The molecular weight excluding hydrogens is 913 g/mol. The summed E-state index contributed by atoms with van der Waals surface area (Å²) >= 11 is 0. The second-order valence-electron chi connectivity index (χ2n) is 22.0. The first-order chi connectivity index (χ1) is 36.5. The molecule has 0 aliphatic heterocycles. The van der Waals surface area contributed by atoms with Gasteiger partial charge in [-0.1, -0.05) is 294 Å². The number of ether oxygens (including phenoxy) is 3. The molecule has 0 spiro atoms. The molecule has 0 aromatic rings. The van der Waals surface area contributed by atoms with Crippen LogP contribution in [0.3, 0.4) is 0 Å². The molecule has 0 aromatic heterocycles. The smallest absolute Gasteiger partial charge is 0.306 e. The van der Waals surface area contributed by atoms with Crippen LogP contribution in [0.15, 0.2) is 48.6 Å².